The molecule has 0 aliphatic carbocycles. The minimum absolute atomic E-state index is 0.0241. The van der Waals surface area contributed by atoms with Gasteiger partial charge in [0.1, 0.15) is 11.7 Å². The first-order valence-corrected chi connectivity index (χ1v) is 6.48. The second kappa shape index (κ2) is 4.79. The molecule has 0 radical (unpaired) electrons. The van der Waals surface area contributed by atoms with Gasteiger partial charge in [-0.1, -0.05) is 36.4 Å². The summed E-state index contributed by atoms with van der Waals surface area (Å²) in [4.78, 5) is 3.30. The van der Waals surface area contributed by atoms with Crippen molar-refractivity contribution in [1.82, 2.24) is 4.98 Å². The van der Waals surface area contributed by atoms with E-state index in [4.69, 9.17) is 22.3 Å². The lowest BCUT2D eigenvalue weighted by molar-refractivity contribution is 1.40. The summed E-state index contributed by atoms with van der Waals surface area (Å²) in [5, 5.41) is 16.2. The Morgan fingerprint density at radius 2 is 1.52 bits per heavy atom. The Hall–Kier alpha value is -3.08. The average Bonchev–Trinajstić information content (AvgIpc) is 2.90. The zero-order chi connectivity index (χ0) is 15.0. The Labute approximate surface area is 121 Å². The van der Waals surface area contributed by atoms with E-state index in [2.05, 4.69) is 4.98 Å². The van der Waals surface area contributed by atoms with Crippen molar-refractivity contribution in [2.75, 3.05) is 0 Å². The Morgan fingerprint density at radius 3 is 2.24 bits per heavy atom. The molecule has 7 N–H and O–H groups in total. The molecule has 0 fully saturated rings. The van der Waals surface area contributed by atoms with Crippen molar-refractivity contribution in [1.29, 1.82) is 10.8 Å². The maximum atomic E-state index is 7.68. The van der Waals surface area contributed by atoms with E-state index < -0.39 is 0 Å². The molecule has 5 nitrogen and oxygen atoms in total. The first kappa shape index (κ1) is 12.9. The third kappa shape index (κ3) is 2.14. The third-order valence-corrected chi connectivity index (χ3v) is 3.46. The predicted octanol–water partition coefficient (Wildman–Crippen LogP) is 2.40. The van der Waals surface area contributed by atoms with Crippen LogP contribution in [0.2, 0.25) is 0 Å². The van der Waals surface area contributed by atoms with Crippen LogP contribution in [0.5, 0.6) is 0 Å². The van der Waals surface area contributed by atoms with E-state index in [0.717, 1.165) is 22.2 Å². The van der Waals surface area contributed by atoms with Gasteiger partial charge in [0.05, 0.1) is 0 Å². The number of nitrogen functional groups attached to an aromatic ring is 2. The molecular formula is C16H15N5. The Kier molecular flexibility index (Phi) is 2.95. The molecule has 0 aliphatic heterocycles. The lowest BCUT2D eigenvalue weighted by Crippen LogP contribution is -2.12. The summed E-state index contributed by atoms with van der Waals surface area (Å²) in [7, 11) is 0. The first-order chi connectivity index (χ1) is 10.1. The number of fused-ring (bicyclic) bond motifs is 1. The molecule has 0 bridgehead atoms. The van der Waals surface area contributed by atoms with Gasteiger partial charge >= 0.3 is 0 Å². The molecule has 2 aromatic carbocycles. The predicted molar refractivity (Wildman–Crippen MR) is 85.8 cm³/mol. The summed E-state index contributed by atoms with van der Waals surface area (Å²) < 4.78 is 0. The van der Waals surface area contributed by atoms with E-state index in [-0.39, 0.29) is 11.7 Å². The molecule has 0 unspecified atom stereocenters. The molecule has 0 aliphatic rings. The van der Waals surface area contributed by atoms with Gasteiger partial charge in [0.15, 0.2) is 0 Å². The summed E-state index contributed by atoms with van der Waals surface area (Å²) in [6, 6.07) is 15.0. The summed E-state index contributed by atoms with van der Waals surface area (Å²) in [6.07, 6.45) is 0. The second-order valence-electron chi connectivity index (χ2n) is 4.82. The fourth-order valence-electron chi connectivity index (χ4n) is 2.49. The minimum Gasteiger partial charge on any atom is -0.384 e. The fraction of sp³-hybridized carbons (Fsp3) is 0. The van der Waals surface area contributed by atoms with Crippen LogP contribution < -0.4 is 11.5 Å². The molecule has 5 heteroatoms. The number of aromatic amines is 1. The van der Waals surface area contributed by atoms with Gasteiger partial charge in [-0.2, -0.15) is 0 Å². The van der Waals surface area contributed by atoms with Gasteiger partial charge in [-0.3, -0.25) is 10.8 Å². The summed E-state index contributed by atoms with van der Waals surface area (Å²) in [6.45, 7) is 0. The summed E-state index contributed by atoms with van der Waals surface area (Å²) >= 11 is 0. The smallest absolute Gasteiger partial charge is 0.123 e. The van der Waals surface area contributed by atoms with Gasteiger partial charge in [0, 0.05) is 33.3 Å². The highest BCUT2D eigenvalue weighted by Crippen LogP contribution is 2.28. The van der Waals surface area contributed by atoms with E-state index in [0.29, 0.717) is 11.1 Å². The quantitative estimate of drug-likeness (QED) is 0.373. The van der Waals surface area contributed by atoms with Crippen LogP contribution in [0, 0.1) is 10.8 Å². The van der Waals surface area contributed by atoms with Gasteiger partial charge in [0.25, 0.3) is 0 Å². The van der Waals surface area contributed by atoms with Gasteiger partial charge in [0.2, 0.25) is 0 Å². The highest BCUT2D eigenvalue weighted by Gasteiger charge is 2.12. The lowest BCUT2D eigenvalue weighted by atomic mass is 10.0. The SMILES string of the molecule is N=C(N)c1ccccc1-c1cc2c(C(=N)N)cccc2[nH]1. The molecule has 0 saturated carbocycles. The molecule has 21 heavy (non-hydrogen) atoms. The molecule has 0 spiro atoms. The van der Waals surface area contributed by atoms with Crippen molar-refractivity contribution in [2.24, 2.45) is 11.5 Å². The van der Waals surface area contributed by atoms with Crippen molar-refractivity contribution < 1.29 is 0 Å². The third-order valence-electron chi connectivity index (χ3n) is 3.46. The number of hydrogen-bond acceptors (Lipinski definition) is 2. The highest BCUT2D eigenvalue weighted by atomic mass is 14.7. The maximum Gasteiger partial charge on any atom is 0.123 e. The van der Waals surface area contributed by atoms with Crippen molar-refractivity contribution in [2.45, 2.75) is 0 Å². The number of aromatic nitrogens is 1. The van der Waals surface area contributed by atoms with Crippen LogP contribution in [0.4, 0.5) is 0 Å². The molecule has 1 aromatic heterocycles. The molecular weight excluding hydrogens is 262 g/mol. The number of amidine groups is 2. The van der Waals surface area contributed by atoms with Crippen molar-refractivity contribution in [3.8, 4) is 11.3 Å². The number of hydrogen-bond donors (Lipinski definition) is 5. The largest absolute Gasteiger partial charge is 0.384 e. The summed E-state index contributed by atoms with van der Waals surface area (Å²) in [5.74, 6) is 0.0575. The van der Waals surface area contributed by atoms with Crippen LogP contribution >= 0.6 is 0 Å². The van der Waals surface area contributed by atoms with Crippen LogP contribution in [0.1, 0.15) is 11.1 Å². The van der Waals surface area contributed by atoms with Crippen LogP contribution in [0.25, 0.3) is 22.2 Å². The van der Waals surface area contributed by atoms with E-state index in [1.165, 1.54) is 0 Å². The molecule has 0 atom stereocenters. The molecule has 104 valence electrons. The zero-order valence-electron chi connectivity index (χ0n) is 11.3. The van der Waals surface area contributed by atoms with Gasteiger partial charge in [-0.05, 0) is 12.1 Å². The van der Waals surface area contributed by atoms with E-state index in [9.17, 15) is 0 Å². The van der Waals surface area contributed by atoms with Crippen molar-refractivity contribution >= 4 is 22.6 Å². The molecule has 3 rings (SSSR count). The standard InChI is InChI=1S/C16H15N5/c17-15(18)10-5-2-1-4-9(10)14-8-12-11(16(19)20)6-3-7-13(12)21-14/h1-8,21H,(H3,17,18)(H3,19,20). The Morgan fingerprint density at radius 1 is 0.857 bits per heavy atom. The van der Waals surface area contributed by atoms with Crippen LogP contribution in [0.3, 0.4) is 0 Å². The monoisotopic (exact) mass is 277 g/mol. The molecule has 0 saturated heterocycles. The molecule has 0 amide bonds. The summed E-state index contributed by atoms with van der Waals surface area (Å²) in [5.41, 5.74) is 15.2. The first-order valence-electron chi connectivity index (χ1n) is 6.48. The highest BCUT2D eigenvalue weighted by molar-refractivity contribution is 6.09. The van der Waals surface area contributed by atoms with Gasteiger partial charge < -0.3 is 16.5 Å². The molecule has 1 heterocycles. The van der Waals surface area contributed by atoms with Crippen LogP contribution in [-0.2, 0) is 0 Å². The van der Waals surface area contributed by atoms with Crippen LogP contribution in [0.15, 0.2) is 48.5 Å². The lowest BCUT2D eigenvalue weighted by Gasteiger charge is -2.05. The number of nitrogens with two attached hydrogens (primary N) is 2. The normalized spacial score (nSPS) is 10.7. The molecule has 3 aromatic rings. The Bertz CT molecular complexity index is 860. The number of nitrogens with one attached hydrogen (secondary N) is 3. The fourth-order valence-corrected chi connectivity index (χ4v) is 2.49. The second-order valence-corrected chi connectivity index (χ2v) is 4.82. The minimum atomic E-state index is 0.0241. The number of rotatable bonds is 3. The zero-order valence-corrected chi connectivity index (χ0v) is 11.3. The number of benzene rings is 2. The van der Waals surface area contributed by atoms with Crippen molar-refractivity contribution in [3.63, 3.8) is 0 Å². The van der Waals surface area contributed by atoms with Gasteiger partial charge in [-0.15, -0.1) is 0 Å². The average molecular weight is 277 g/mol. The van der Waals surface area contributed by atoms with E-state index in [1.54, 1.807) is 0 Å². The van der Waals surface area contributed by atoms with Crippen LogP contribution in [-0.4, -0.2) is 16.7 Å². The Balaban J connectivity index is 2.26. The van der Waals surface area contributed by atoms with E-state index >= 15 is 0 Å². The van der Waals surface area contributed by atoms with Crippen molar-refractivity contribution in [3.05, 3.63) is 59.7 Å². The topological polar surface area (TPSA) is 116 Å². The maximum absolute atomic E-state index is 7.68. The van der Waals surface area contributed by atoms with E-state index in [1.807, 2.05) is 48.5 Å². The van der Waals surface area contributed by atoms with Gasteiger partial charge in [-0.25, -0.2) is 0 Å². The number of H-pyrrole nitrogens is 1.